The molecule has 1 fully saturated rings. The number of carbonyl (C=O) groups excluding carboxylic acids is 1. The quantitative estimate of drug-likeness (QED) is 0.639. The van der Waals surface area contributed by atoms with Crippen molar-refractivity contribution in [3.05, 3.63) is 0 Å². The molecular weight excluding hydrogens is 192 g/mol. The van der Waals surface area contributed by atoms with Gasteiger partial charge in [0.1, 0.15) is 0 Å². The Balaban J connectivity index is 2.01. The third-order valence-electron chi connectivity index (χ3n) is 2.48. The topological polar surface area (TPSA) is 50.4 Å². The summed E-state index contributed by atoms with van der Waals surface area (Å²) >= 11 is 0. The van der Waals surface area contributed by atoms with Crippen LogP contribution in [-0.4, -0.2) is 38.3 Å². The first-order valence-corrected chi connectivity index (χ1v) is 5.90. The molecule has 1 saturated heterocycles. The second kappa shape index (κ2) is 7.65. The maximum absolute atomic E-state index is 11.5. The molecule has 0 aromatic heterocycles. The molecule has 4 heteroatoms. The highest BCUT2D eigenvalue weighted by Gasteiger charge is 2.14. The third kappa shape index (κ3) is 5.74. The number of nitrogens with one attached hydrogen (secondary N) is 2. The van der Waals surface area contributed by atoms with Crippen LogP contribution in [0.2, 0.25) is 0 Å². The Labute approximate surface area is 91.8 Å². The highest BCUT2D eigenvalue weighted by atomic mass is 16.5. The Kier molecular flexibility index (Phi) is 6.36. The molecule has 1 heterocycles. The van der Waals surface area contributed by atoms with E-state index in [1.54, 1.807) is 0 Å². The number of hydrogen-bond donors (Lipinski definition) is 2. The first-order valence-electron chi connectivity index (χ1n) is 5.90. The number of piperidine rings is 1. The summed E-state index contributed by atoms with van der Waals surface area (Å²) in [6, 6.07) is 0.317. The van der Waals surface area contributed by atoms with Crippen molar-refractivity contribution >= 4 is 5.91 Å². The summed E-state index contributed by atoms with van der Waals surface area (Å²) in [7, 11) is 0. The molecule has 4 nitrogen and oxygen atoms in total. The van der Waals surface area contributed by atoms with E-state index in [0.29, 0.717) is 19.1 Å². The maximum atomic E-state index is 11.5. The monoisotopic (exact) mass is 214 g/mol. The molecule has 0 aliphatic carbocycles. The average molecular weight is 214 g/mol. The standard InChI is InChI=1S/C11H22N2O2/c1-2-7-15-8-5-11(14)13-10-4-3-6-12-9-10/h10,12H,2-9H2,1H3,(H,13,14). The van der Waals surface area contributed by atoms with Gasteiger partial charge in [0.05, 0.1) is 6.61 Å². The fourth-order valence-corrected chi connectivity index (χ4v) is 1.69. The van der Waals surface area contributed by atoms with Crippen molar-refractivity contribution in [1.82, 2.24) is 10.6 Å². The van der Waals surface area contributed by atoms with E-state index in [9.17, 15) is 4.79 Å². The SMILES string of the molecule is CCCOCCC(=O)NC1CCCNC1. The van der Waals surface area contributed by atoms with Gasteiger partial charge in [0.2, 0.25) is 5.91 Å². The van der Waals surface area contributed by atoms with Crippen LogP contribution in [0.1, 0.15) is 32.6 Å². The molecule has 1 amide bonds. The van der Waals surface area contributed by atoms with Crippen LogP contribution in [0.25, 0.3) is 0 Å². The van der Waals surface area contributed by atoms with Crippen molar-refractivity contribution in [2.45, 2.75) is 38.6 Å². The molecule has 0 aromatic carbocycles. The van der Waals surface area contributed by atoms with Crippen LogP contribution < -0.4 is 10.6 Å². The van der Waals surface area contributed by atoms with Crippen LogP contribution in [0.3, 0.4) is 0 Å². The first-order chi connectivity index (χ1) is 7.33. The molecule has 0 spiro atoms. The van der Waals surface area contributed by atoms with Gasteiger partial charge in [-0.2, -0.15) is 0 Å². The van der Waals surface area contributed by atoms with Crippen LogP contribution in [0.15, 0.2) is 0 Å². The molecule has 0 bridgehead atoms. The minimum absolute atomic E-state index is 0.111. The Morgan fingerprint density at radius 3 is 3.07 bits per heavy atom. The Bertz CT molecular complexity index is 179. The third-order valence-corrected chi connectivity index (χ3v) is 2.48. The van der Waals surface area contributed by atoms with Gasteiger partial charge >= 0.3 is 0 Å². The van der Waals surface area contributed by atoms with E-state index >= 15 is 0 Å². The predicted octanol–water partition coefficient (Wildman–Crippen LogP) is 0.671. The first kappa shape index (κ1) is 12.5. The lowest BCUT2D eigenvalue weighted by Gasteiger charge is -2.23. The van der Waals surface area contributed by atoms with Gasteiger partial charge in [0, 0.05) is 25.6 Å². The van der Waals surface area contributed by atoms with Crippen LogP contribution >= 0.6 is 0 Å². The summed E-state index contributed by atoms with van der Waals surface area (Å²) in [5.41, 5.74) is 0. The molecule has 1 aliphatic heterocycles. The van der Waals surface area contributed by atoms with Crippen molar-refractivity contribution in [3.8, 4) is 0 Å². The molecule has 88 valence electrons. The van der Waals surface area contributed by atoms with E-state index in [1.165, 1.54) is 0 Å². The van der Waals surface area contributed by atoms with Gasteiger partial charge in [0.25, 0.3) is 0 Å². The van der Waals surface area contributed by atoms with E-state index in [4.69, 9.17) is 4.74 Å². The summed E-state index contributed by atoms with van der Waals surface area (Å²) in [5.74, 6) is 0.111. The molecule has 0 saturated carbocycles. The summed E-state index contributed by atoms with van der Waals surface area (Å²) in [6.07, 6.45) is 3.73. The molecular formula is C11H22N2O2. The van der Waals surface area contributed by atoms with Crippen molar-refractivity contribution < 1.29 is 9.53 Å². The highest BCUT2D eigenvalue weighted by Crippen LogP contribution is 2.01. The van der Waals surface area contributed by atoms with Gasteiger partial charge in [-0.15, -0.1) is 0 Å². The zero-order chi connectivity index (χ0) is 10.9. The van der Waals surface area contributed by atoms with E-state index in [1.807, 2.05) is 0 Å². The molecule has 2 N–H and O–H groups in total. The summed E-state index contributed by atoms with van der Waals surface area (Å²) in [6.45, 7) is 5.33. The summed E-state index contributed by atoms with van der Waals surface area (Å²) in [5, 5.41) is 6.28. The van der Waals surface area contributed by atoms with E-state index < -0.39 is 0 Å². The molecule has 15 heavy (non-hydrogen) atoms. The lowest BCUT2D eigenvalue weighted by molar-refractivity contribution is -0.123. The van der Waals surface area contributed by atoms with E-state index in [-0.39, 0.29) is 5.91 Å². The smallest absolute Gasteiger partial charge is 0.222 e. The lowest BCUT2D eigenvalue weighted by atomic mass is 10.1. The molecule has 0 radical (unpaired) electrons. The number of rotatable bonds is 6. The van der Waals surface area contributed by atoms with Gasteiger partial charge < -0.3 is 15.4 Å². The fourth-order valence-electron chi connectivity index (χ4n) is 1.69. The highest BCUT2D eigenvalue weighted by molar-refractivity contribution is 5.76. The number of hydrogen-bond acceptors (Lipinski definition) is 3. The lowest BCUT2D eigenvalue weighted by Crippen LogP contribution is -2.45. The van der Waals surface area contributed by atoms with Crippen LogP contribution in [0, 0.1) is 0 Å². The normalized spacial score (nSPS) is 21.3. The van der Waals surface area contributed by atoms with E-state index in [2.05, 4.69) is 17.6 Å². The van der Waals surface area contributed by atoms with Crippen LogP contribution in [0.5, 0.6) is 0 Å². The van der Waals surface area contributed by atoms with Gasteiger partial charge in [0.15, 0.2) is 0 Å². The summed E-state index contributed by atoms with van der Waals surface area (Å²) in [4.78, 5) is 11.5. The second-order valence-corrected chi connectivity index (χ2v) is 3.97. The van der Waals surface area contributed by atoms with Crippen molar-refractivity contribution in [1.29, 1.82) is 0 Å². The van der Waals surface area contributed by atoms with Gasteiger partial charge in [-0.25, -0.2) is 0 Å². The summed E-state index contributed by atoms with van der Waals surface area (Å²) < 4.78 is 5.27. The largest absolute Gasteiger partial charge is 0.381 e. The minimum Gasteiger partial charge on any atom is -0.381 e. The van der Waals surface area contributed by atoms with Gasteiger partial charge in [-0.3, -0.25) is 4.79 Å². The Morgan fingerprint density at radius 2 is 2.40 bits per heavy atom. The predicted molar refractivity (Wildman–Crippen MR) is 59.8 cm³/mol. The van der Waals surface area contributed by atoms with Gasteiger partial charge in [-0.1, -0.05) is 6.92 Å². The molecule has 1 aliphatic rings. The van der Waals surface area contributed by atoms with Crippen molar-refractivity contribution in [3.63, 3.8) is 0 Å². The molecule has 1 unspecified atom stereocenters. The zero-order valence-corrected chi connectivity index (χ0v) is 9.55. The minimum atomic E-state index is 0.111. The van der Waals surface area contributed by atoms with Crippen LogP contribution in [0.4, 0.5) is 0 Å². The molecule has 1 atom stereocenters. The molecule has 1 rings (SSSR count). The second-order valence-electron chi connectivity index (χ2n) is 3.97. The zero-order valence-electron chi connectivity index (χ0n) is 9.55. The Morgan fingerprint density at radius 1 is 1.53 bits per heavy atom. The van der Waals surface area contributed by atoms with Gasteiger partial charge in [-0.05, 0) is 25.8 Å². The van der Waals surface area contributed by atoms with Crippen LogP contribution in [-0.2, 0) is 9.53 Å². The maximum Gasteiger partial charge on any atom is 0.222 e. The fraction of sp³-hybridized carbons (Fsp3) is 0.909. The van der Waals surface area contributed by atoms with Crippen molar-refractivity contribution in [2.75, 3.05) is 26.3 Å². The molecule has 0 aromatic rings. The van der Waals surface area contributed by atoms with E-state index in [0.717, 1.165) is 39.0 Å². The number of ether oxygens (including phenoxy) is 1. The number of amides is 1. The average Bonchev–Trinajstić information content (AvgIpc) is 2.26. The Hall–Kier alpha value is -0.610. The number of carbonyl (C=O) groups is 1. The van der Waals surface area contributed by atoms with Crippen molar-refractivity contribution in [2.24, 2.45) is 0 Å².